The first-order chi connectivity index (χ1) is 11.1. The lowest BCUT2D eigenvalue weighted by atomic mass is 10.0. The van der Waals surface area contributed by atoms with Gasteiger partial charge in [-0.15, -0.1) is 0 Å². The average molecular weight is 301 g/mol. The molecule has 4 nitrogen and oxygen atoms in total. The summed E-state index contributed by atoms with van der Waals surface area (Å²) in [4.78, 5) is 12.7. The average Bonchev–Trinajstić information content (AvgIpc) is 2.92. The van der Waals surface area contributed by atoms with Crippen molar-refractivity contribution in [1.82, 2.24) is 4.57 Å². The molecule has 0 aliphatic carbocycles. The standard InChI is InChI=1S/C19H15N3O/c1-13-7-9-14(10-8-13)18(23)17-12-22(19(21)16(17)11-20)15-5-3-2-4-6-15/h2-10,12H,21H2,1H3. The fourth-order valence-corrected chi connectivity index (χ4v) is 2.47. The highest BCUT2D eigenvalue weighted by Crippen LogP contribution is 2.25. The zero-order chi connectivity index (χ0) is 16.4. The molecule has 0 amide bonds. The third-order valence-electron chi connectivity index (χ3n) is 3.75. The zero-order valence-corrected chi connectivity index (χ0v) is 12.7. The number of para-hydroxylation sites is 1. The molecular weight excluding hydrogens is 286 g/mol. The number of nitrogens with two attached hydrogens (primary N) is 1. The van der Waals surface area contributed by atoms with Crippen LogP contribution in [0.1, 0.15) is 27.0 Å². The van der Waals surface area contributed by atoms with Crippen LogP contribution in [0.3, 0.4) is 0 Å². The Morgan fingerprint density at radius 2 is 1.74 bits per heavy atom. The predicted octanol–water partition coefficient (Wildman–Crippen LogP) is 3.47. The highest BCUT2D eigenvalue weighted by Gasteiger charge is 2.21. The predicted molar refractivity (Wildman–Crippen MR) is 89.5 cm³/mol. The molecule has 3 rings (SSSR count). The number of ketones is 1. The van der Waals surface area contributed by atoms with Crippen molar-refractivity contribution in [3.63, 3.8) is 0 Å². The molecule has 1 aromatic heterocycles. The van der Waals surface area contributed by atoms with E-state index in [9.17, 15) is 10.1 Å². The van der Waals surface area contributed by atoms with Crippen LogP contribution < -0.4 is 5.73 Å². The molecule has 0 spiro atoms. The molecule has 3 aromatic rings. The van der Waals surface area contributed by atoms with Gasteiger partial charge in [0.2, 0.25) is 0 Å². The third kappa shape index (κ3) is 2.60. The van der Waals surface area contributed by atoms with Gasteiger partial charge >= 0.3 is 0 Å². The molecule has 4 heteroatoms. The van der Waals surface area contributed by atoms with Gasteiger partial charge < -0.3 is 10.3 Å². The van der Waals surface area contributed by atoms with Gasteiger partial charge in [0.05, 0.1) is 5.56 Å². The molecule has 0 bridgehead atoms. The summed E-state index contributed by atoms with van der Waals surface area (Å²) in [7, 11) is 0. The Labute approximate surface area is 134 Å². The van der Waals surface area contributed by atoms with E-state index in [0.29, 0.717) is 11.1 Å². The number of rotatable bonds is 3. The van der Waals surface area contributed by atoms with Crippen LogP contribution in [-0.4, -0.2) is 10.4 Å². The van der Waals surface area contributed by atoms with Gasteiger partial charge in [0.25, 0.3) is 0 Å². The molecule has 2 aromatic carbocycles. The summed E-state index contributed by atoms with van der Waals surface area (Å²) < 4.78 is 1.67. The van der Waals surface area contributed by atoms with Crippen LogP contribution in [0.15, 0.2) is 60.8 Å². The largest absolute Gasteiger partial charge is 0.384 e. The Balaban J connectivity index is 2.11. The van der Waals surface area contributed by atoms with Gasteiger partial charge in [0.15, 0.2) is 5.78 Å². The number of hydrogen-bond donors (Lipinski definition) is 1. The van der Waals surface area contributed by atoms with Crippen LogP contribution in [-0.2, 0) is 0 Å². The number of nitrogens with zero attached hydrogens (tertiary/aromatic N) is 2. The van der Waals surface area contributed by atoms with Crippen molar-refractivity contribution < 1.29 is 4.79 Å². The van der Waals surface area contributed by atoms with Crippen molar-refractivity contribution in [2.24, 2.45) is 0 Å². The second-order valence-electron chi connectivity index (χ2n) is 5.32. The van der Waals surface area contributed by atoms with Gasteiger partial charge in [-0.05, 0) is 19.1 Å². The molecule has 0 aliphatic heterocycles. The van der Waals surface area contributed by atoms with Crippen LogP contribution in [0.2, 0.25) is 0 Å². The first-order valence-electron chi connectivity index (χ1n) is 7.19. The Morgan fingerprint density at radius 3 is 2.35 bits per heavy atom. The van der Waals surface area contributed by atoms with Crippen molar-refractivity contribution in [2.75, 3.05) is 5.73 Å². The molecule has 112 valence electrons. The third-order valence-corrected chi connectivity index (χ3v) is 3.75. The summed E-state index contributed by atoms with van der Waals surface area (Å²) in [5.74, 6) is 0.0668. The van der Waals surface area contributed by atoms with Gasteiger partial charge in [-0.2, -0.15) is 5.26 Å². The Kier molecular flexibility index (Phi) is 3.70. The van der Waals surface area contributed by atoms with Gasteiger partial charge in [0.1, 0.15) is 17.5 Å². The quantitative estimate of drug-likeness (QED) is 0.753. The minimum atomic E-state index is -0.206. The van der Waals surface area contributed by atoms with E-state index in [0.717, 1.165) is 11.3 Å². The maximum absolute atomic E-state index is 12.7. The fraction of sp³-hybridized carbons (Fsp3) is 0.0526. The summed E-state index contributed by atoms with van der Waals surface area (Å²) in [5, 5.41) is 9.40. The van der Waals surface area contributed by atoms with Gasteiger partial charge in [0, 0.05) is 17.4 Å². The maximum atomic E-state index is 12.7. The van der Waals surface area contributed by atoms with Crippen LogP contribution in [0, 0.1) is 18.3 Å². The van der Waals surface area contributed by atoms with E-state index in [1.54, 1.807) is 22.9 Å². The fourth-order valence-electron chi connectivity index (χ4n) is 2.47. The number of hydrogen-bond acceptors (Lipinski definition) is 3. The van der Waals surface area contributed by atoms with E-state index in [2.05, 4.69) is 0 Å². The molecule has 2 N–H and O–H groups in total. The highest BCUT2D eigenvalue weighted by molar-refractivity contribution is 6.11. The topological polar surface area (TPSA) is 71.8 Å². The Morgan fingerprint density at radius 1 is 1.09 bits per heavy atom. The van der Waals surface area contributed by atoms with Gasteiger partial charge in [-0.1, -0.05) is 48.0 Å². The van der Waals surface area contributed by atoms with Crippen LogP contribution in [0.4, 0.5) is 5.82 Å². The van der Waals surface area contributed by atoms with Crippen LogP contribution in [0.25, 0.3) is 5.69 Å². The van der Waals surface area contributed by atoms with Gasteiger partial charge in [-0.3, -0.25) is 4.79 Å². The molecule has 0 unspecified atom stereocenters. The van der Waals surface area contributed by atoms with Crippen LogP contribution in [0.5, 0.6) is 0 Å². The minimum Gasteiger partial charge on any atom is -0.384 e. The normalized spacial score (nSPS) is 10.3. The first-order valence-corrected chi connectivity index (χ1v) is 7.19. The van der Waals surface area contributed by atoms with Gasteiger partial charge in [-0.25, -0.2) is 0 Å². The van der Waals surface area contributed by atoms with E-state index in [-0.39, 0.29) is 17.2 Å². The number of aryl methyl sites for hydroxylation is 1. The van der Waals surface area contributed by atoms with Crippen molar-refractivity contribution >= 4 is 11.6 Å². The Hall–Kier alpha value is -3.32. The van der Waals surface area contributed by atoms with E-state index in [1.165, 1.54) is 0 Å². The molecule has 0 fully saturated rings. The molecule has 0 aliphatic rings. The van der Waals surface area contributed by atoms with E-state index < -0.39 is 0 Å². The SMILES string of the molecule is Cc1ccc(C(=O)c2cn(-c3ccccc3)c(N)c2C#N)cc1. The lowest BCUT2D eigenvalue weighted by Gasteiger charge is -2.04. The first kappa shape index (κ1) is 14.6. The van der Waals surface area contributed by atoms with E-state index in [1.807, 2.05) is 55.5 Å². The second kappa shape index (κ2) is 5.82. The molecule has 0 atom stereocenters. The van der Waals surface area contributed by atoms with E-state index in [4.69, 9.17) is 5.73 Å². The summed E-state index contributed by atoms with van der Waals surface area (Å²) in [6.45, 7) is 1.96. The maximum Gasteiger partial charge on any atom is 0.195 e. The summed E-state index contributed by atoms with van der Waals surface area (Å²) in [6, 6.07) is 18.7. The van der Waals surface area contributed by atoms with Crippen molar-refractivity contribution in [3.8, 4) is 11.8 Å². The number of benzene rings is 2. The van der Waals surface area contributed by atoms with Crippen molar-refractivity contribution in [2.45, 2.75) is 6.92 Å². The number of nitrogen functional groups attached to an aromatic ring is 1. The number of carbonyl (C=O) groups is 1. The molecule has 0 radical (unpaired) electrons. The van der Waals surface area contributed by atoms with Crippen LogP contribution >= 0.6 is 0 Å². The minimum absolute atomic E-state index is 0.206. The smallest absolute Gasteiger partial charge is 0.195 e. The lowest BCUT2D eigenvalue weighted by Crippen LogP contribution is -2.02. The Bertz CT molecular complexity index is 900. The summed E-state index contributed by atoms with van der Waals surface area (Å²) >= 11 is 0. The summed E-state index contributed by atoms with van der Waals surface area (Å²) in [5.41, 5.74) is 9.02. The highest BCUT2D eigenvalue weighted by atomic mass is 16.1. The number of anilines is 1. The lowest BCUT2D eigenvalue weighted by molar-refractivity contribution is 0.103. The molecule has 23 heavy (non-hydrogen) atoms. The number of aromatic nitrogens is 1. The molecular formula is C19H15N3O. The number of carbonyl (C=O) groups excluding carboxylic acids is 1. The number of nitriles is 1. The van der Waals surface area contributed by atoms with Crippen molar-refractivity contribution in [3.05, 3.63) is 83.0 Å². The second-order valence-corrected chi connectivity index (χ2v) is 5.32. The monoisotopic (exact) mass is 301 g/mol. The van der Waals surface area contributed by atoms with E-state index >= 15 is 0 Å². The summed E-state index contributed by atoms with van der Waals surface area (Å²) in [6.07, 6.45) is 1.63. The molecule has 1 heterocycles. The molecule has 0 saturated heterocycles. The molecule has 0 saturated carbocycles. The zero-order valence-electron chi connectivity index (χ0n) is 12.7. The van der Waals surface area contributed by atoms with Crippen molar-refractivity contribution in [1.29, 1.82) is 5.26 Å².